The largest absolute Gasteiger partial charge is 0.497 e. The fourth-order valence-corrected chi connectivity index (χ4v) is 6.61. The standard InChI is InChI=1S/C28H17Cl5F5NO5S/c29-18-5-3-14(39-26(42)24-23(27(24,32)33)12-1-4-19(30)20(31)7-12)9-16(18)22(41)8-13-2-6-21(34)17(25(13)35)10-15(40)11-45(43,44)28(36,37)38/h1-7,9,23-24H,8,10-11H2,(H,39,42)/t23-,24+/m0/s1. The van der Waals surface area contributed by atoms with Crippen LogP contribution in [-0.4, -0.2) is 41.5 Å². The molecule has 3 aromatic carbocycles. The molecule has 6 nitrogen and oxygen atoms in total. The summed E-state index contributed by atoms with van der Waals surface area (Å²) in [5.41, 5.74) is -6.73. The number of carbonyl (C=O) groups excluding carboxylic acids is 3. The molecule has 1 aliphatic rings. The summed E-state index contributed by atoms with van der Waals surface area (Å²) in [6, 6.07) is 10.1. The summed E-state index contributed by atoms with van der Waals surface area (Å²) in [7, 11) is -5.87. The first-order chi connectivity index (χ1) is 20.7. The molecule has 4 rings (SSSR count). The Hall–Kier alpha value is -2.48. The van der Waals surface area contributed by atoms with Gasteiger partial charge in [-0.1, -0.05) is 46.9 Å². The fourth-order valence-electron chi connectivity index (χ4n) is 4.57. The number of amides is 1. The molecule has 45 heavy (non-hydrogen) atoms. The zero-order chi connectivity index (χ0) is 33.6. The van der Waals surface area contributed by atoms with Crippen molar-refractivity contribution in [3.63, 3.8) is 0 Å². The van der Waals surface area contributed by atoms with E-state index in [0.717, 1.165) is 6.07 Å². The average molecular weight is 752 g/mol. The van der Waals surface area contributed by atoms with Crippen LogP contribution in [0, 0.1) is 17.6 Å². The Morgan fingerprint density at radius 1 is 0.867 bits per heavy atom. The summed E-state index contributed by atoms with van der Waals surface area (Å²) >= 11 is 30.9. The van der Waals surface area contributed by atoms with Crippen LogP contribution < -0.4 is 5.32 Å². The highest BCUT2D eigenvalue weighted by Gasteiger charge is 2.67. The maximum Gasteiger partial charge on any atom is 0.497 e. The third-order valence-electron chi connectivity index (χ3n) is 6.87. The van der Waals surface area contributed by atoms with E-state index in [1.165, 1.54) is 30.3 Å². The van der Waals surface area contributed by atoms with E-state index in [1.807, 2.05) is 0 Å². The summed E-state index contributed by atoms with van der Waals surface area (Å²) in [6.45, 7) is 0. The second kappa shape index (κ2) is 13.0. The second-order valence-corrected chi connectivity index (χ2v) is 14.7. The normalized spacial score (nSPS) is 17.6. The molecule has 0 unspecified atom stereocenters. The van der Waals surface area contributed by atoms with Gasteiger partial charge in [0.25, 0.3) is 9.84 Å². The van der Waals surface area contributed by atoms with Gasteiger partial charge in [-0.3, -0.25) is 14.4 Å². The van der Waals surface area contributed by atoms with Crippen molar-refractivity contribution in [3.8, 4) is 0 Å². The summed E-state index contributed by atoms with van der Waals surface area (Å²) in [4.78, 5) is 38.1. The molecule has 0 spiro atoms. The number of ketones is 2. The molecule has 0 heterocycles. The van der Waals surface area contributed by atoms with Crippen LogP contribution in [0.1, 0.15) is 33.0 Å². The van der Waals surface area contributed by atoms with Crippen molar-refractivity contribution in [2.24, 2.45) is 5.92 Å². The predicted octanol–water partition coefficient (Wildman–Crippen LogP) is 7.92. The molecule has 3 aromatic rings. The van der Waals surface area contributed by atoms with Crippen LogP contribution in [0.15, 0.2) is 48.5 Å². The number of hydrogen-bond donors (Lipinski definition) is 1. The van der Waals surface area contributed by atoms with E-state index in [4.69, 9.17) is 58.0 Å². The van der Waals surface area contributed by atoms with Crippen molar-refractivity contribution < 1.29 is 44.8 Å². The Bertz CT molecular complexity index is 1830. The first kappa shape index (κ1) is 35.4. The quantitative estimate of drug-likeness (QED) is 0.129. The second-order valence-electron chi connectivity index (χ2n) is 10.0. The molecule has 0 aromatic heterocycles. The van der Waals surface area contributed by atoms with Gasteiger partial charge in [0, 0.05) is 35.6 Å². The number of halogens is 10. The molecular formula is C28H17Cl5F5NO5S. The van der Waals surface area contributed by atoms with Gasteiger partial charge in [0.05, 0.1) is 21.0 Å². The lowest BCUT2D eigenvalue weighted by Crippen LogP contribution is -2.31. The average Bonchev–Trinajstić information content (AvgIpc) is 3.51. The highest BCUT2D eigenvalue weighted by Crippen LogP contribution is 2.65. The number of benzene rings is 3. The first-order valence-electron chi connectivity index (χ1n) is 12.5. The Morgan fingerprint density at radius 2 is 1.51 bits per heavy atom. The first-order valence-corrected chi connectivity index (χ1v) is 16.0. The maximum atomic E-state index is 15.1. The summed E-state index contributed by atoms with van der Waals surface area (Å²) in [6.07, 6.45) is -2.07. The van der Waals surface area contributed by atoms with Crippen LogP contribution in [0.25, 0.3) is 0 Å². The van der Waals surface area contributed by atoms with Gasteiger partial charge < -0.3 is 5.32 Å². The third-order valence-corrected chi connectivity index (χ3v) is 10.3. The topological polar surface area (TPSA) is 97.4 Å². The molecule has 17 heteroatoms. The van der Waals surface area contributed by atoms with Gasteiger partial charge >= 0.3 is 5.51 Å². The number of alkyl halides is 5. The van der Waals surface area contributed by atoms with Crippen LogP contribution in [0.2, 0.25) is 15.1 Å². The number of sulfone groups is 1. The van der Waals surface area contributed by atoms with Gasteiger partial charge in [-0.2, -0.15) is 13.2 Å². The molecule has 0 saturated heterocycles. The van der Waals surface area contributed by atoms with Crippen molar-refractivity contribution in [2.75, 3.05) is 11.1 Å². The number of Topliss-reactive ketones (excluding diaryl/α,β-unsaturated/α-hetero) is 2. The Labute approximate surface area is 277 Å². The highest BCUT2D eigenvalue weighted by atomic mass is 35.5. The minimum Gasteiger partial charge on any atom is -0.326 e. The fraction of sp³-hybridized carbons (Fsp3) is 0.250. The Kier molecular flexibility index (Phi) is 10.2. The molecule has 1 aliphatic carbocycles. The molecular weight excluding hydrogens is 735 g/mol. The van der Waals surface area contributed by atoms with Gasteiger partial charge in [-0.25, -0.2) is 17.2 Å². The number of rotatable bonds is 10. The van der Waals surface area contributed by atoms with E-state index in [2.05, 4.69) is 5.32 Å². The van der Waals surface area contributed by atoms with Crippen LogP contribution in [0.4, 0.5) is 27.6 Å². The molecule has 1 amide bonds. The highest BCUT2D eigenvalue weighted by molar-refractivity contribution is 7.92. The number of hydrogen-bond acceptors (Lipinski definition) is 5. The molecule has 1 saturated carbocycles. The van der Waals surface area contributed by atoms with E-state index in [0.29, 0.717) is 11.6 Å². The van der Waals surface area contributed by atoms with Crippen molar-refractivity contribution in [3.05, 3.63) is 97.5 Å². The van der Waals surface area contributed by atoms with E-state index in [-0.39, 0.29) is 26.3 Å². The SMILES string of the molecule is O=C(Cc1c(F)ccc(CC(=O)c2cc(NC(=O)[C@H]3[C@H](c4ccc(Cl)c(Cl)c4)C3(Cl)Cl)ccc2Cl)c1F)CS(=O)(=O)C(F)(F)F. The lowest BCUT2D eigenvalue weighted by molar-refractivity contribution is -0.117. The zero-order valence-corrected chi connectivity index (χ0v) is 26.7. The van der Waals surface area contributed by atoms with Crippen molar-refractivity contribution in [1.82, 2.24) is 0 Å². The molecule has 0 radical (unpaired) electrons. The van der Waals surface area contributed by atoms with Crippen molar-refractivity contribution >= 4 is 91.0 Å². The minimum atomic E-state index is -5.87. The molecule has 1 N–H and O–H groups in total. The zero-order valence-electron chi connectivity index (χ0n) is 22.1. The van der Waals surface area contributed by atoms with Gasteiger partial charge in [-0.15, -0.1) is 23.2 Å². The van der Waals surface area contributed by atoms with Gasteiger partial charge in [0.2, 0.25) is 5.91 Å². The lowest BCUT2D eigenvalue weighted by atomic mass is 9.98. The monoisotopic (exact) mass is 749 g/mol. The van der Waals surface area contributed by atoms with Crippen LogP contribution in [-0.2, 0) is 32.3 Å². The van der Waals surface area contributed by atoms with Crippen molar-refractivity contribution in [1.29, 1.82) is 0 Å². The predicted molar refractivity (Wildman–Crippen MR) is 160 cm³/mol. The molecule has 240 valence electrons. The van der Waals surface area contributed by atoms with Gasteiger partial charge in [-0.05, 0) is 47.5 Å². The minimum absolute atomic E-state index is 0.0911. The van der Waals surface area contributed by atoms with E-state index in [1.54, 1.807) is 6.07 Å². The van der Waals surface area contributed by atoms with Gasteiger partial charge in [0.1, 0.15) is 21.7 Å². The van der Waals surface area contributed by atoms with Crippen molar-refractivity contribution in [2.45, 2.75) is 28.6 Å². The Balaban J connectivity index is 1.50. The molecule has 1 fully saturated rings. The summed E-state index contributed by atoms with van der Waals surface area (Å²) < 4.78 is 88.3. The maximum absolute atomic E-state index is 15.1. The summed E-state index contributed by atoms with van der Waals surface area (Å²) in [5.74, 6) is -9.38. The smallest absolute Gasteiger partial charge is 0.326 e. The van der Waals surface area contributed by atoms with E-state index < -0.39 is 90.3 Å². The van der Waals surface area contributed by atoms with Crippen LogP contribution in [0.5, 0.6) is 0 Å². The molecule has 0 aliphatic heterocycles. The van der Waals surface area contributed by atoms with Crippen LogP contribution >= 0.6 is 58.0 Å². The van der Waals surface area contributed by atoms with Gasteiger partial charge in [0.15, 0.2) is 11.6 Å². The molecule has 2 atom stereocenters. The lowest BCUT2D eigenvalue weighted by Gasteiger charge is -2.12. The van der Waals surface area contributed by atoms with Crippen LogP contribution in [0.3, 0.4) is 0 Å². The molecule has 0 bridgehead atoms. The van der Waals surface area contributed by atoms with E-state index in [9.17, 15) is 40.4 Å². The van der Waals surface area contributed by atoms with E-state index >= 15 is 4.39 Å². The third kappa shape index (κ3) is 7.58. The summed E-state index contributed by atoms with van der Waals surface area (Å²) in [5, 5.41) is 3.00. The Morgan fingerprint density at radius 3 is 2.13 bits per heavy atom. The number of carbonyl (C=O) groups is 3. The number of nitrogens with one attached hydrogen (secondary N) is 1. The number of anilines is 1.